The Morgan fingerprint density at radius 3 is 2.60 bits per heavy atom. The number of fused-ring (bicyclic) bond motifs is 1. The number of carbonyl (C=O) groups is 2. The molecule has 0 aliphatic carbocycles. The molecule has 30 heavy (non-hydrogen) atoms. The first-order valence-electron chi connectivity index (χ1n) is 10.4. The van der Waals surface area contributed by atoms with Crippen molar-refractivity contribution in [1.29, 1.82) is 0 Å². The van der Waals surface area contributed by atoms with Crippen LogP contribution in [0, 0.1) is 12.8 Å². The SMILES string of the molecule is Cc1oc([C@H](NC(=O)c2cccc3c2OCCO3)C(C)C)nc1C(=O)N1CCCC1. The summed E-state index contributed by atoms with van der Waals surface area (Å²) in [7, 11) is 0. The number of nitrogens with one attached hydrogen (secondary N) is 1. The van der Waals surface area contributed by atoms with Gasteiger partial charge in [0.05, 0.1) is 5.56 Å². The van der Waals surface area contributed by atoms with E-state index >= 15 is 0 Å². The molecule has 1 atom stereocenters. The first kappa shape index (κ1) is 20.3. The molecule has 2 aliphatic heterocycles. The molecule has 0 saturated carbocycles. The molecule has 1 fully saturated rings. The van der Waals surface area contributed by atoms with Gasteiger partial charge >= 0.3 is 0 Å². The molecule has 0 spiro atoms. The minimum Gasteiger partial charge on any atom is -0.486 e. The van der Waals surface area contributed by atoms with E-state index in [1.54, 1.807) is 30.0 Å². The second kappa shape index (κ2) is 8.38. The lowest BCUT2D eigenvalue weighted by Crippen LogP contribution is -2.33. The van der Waals surface area contributed by atoms with Crippen molar-refractivity contribution < 1.29 is 23.5 Å². The third kappa shape index (κ3) is 3.86. The Morgan fingerprint density at radius 1 is 1.13 bits per heavy atom. The number of likely N-dealkylation sites (tertiary alicyclic amines) is 1. The van der Waals surface area contributed by atoms with E-state index in [0.29, 0.717) is 47.6 Å². The molecule has 160 valence electrons. The number of carbonyl (C=O) groups excluding carboxylic acids is 2. The highest BCUT2D eigenvalue weighted by Gasteiger charge is 2.31. The maximum atomic E-state index is 13.0. The molecule has 1 aromatic heterocycles. The molecular weight excluding hydrogens is 386 g/mol. The number of aromatic nitrogens is 1. The highest BCUT2D eigenvalue weighted by molar-refractivity contribution is 5.98. The van der Waals surface area contributed by atoms with Gasteiger partial charge in [-0.25, -0.2) is 4.98 Å². The van der Waals surface area contributed by atoms with Crippen LogP contribution in [0.1, 0.15) is 65.2 Å². The summed E-state index contributed by atoms with van der Waals surface area (Å²) in [6.45, 7) is 8.00. The van der Waals surface area contributed by atoms with Crippen LogP contribution in [0.5, 0.6) is 11.5 Å². The number of oxazole rings is 1. The van der Waals surface area contributed by atoms with Crippen molar-refractivity contribution >= 4 is 11.8 Å². The number of hydrogen-bond acceptors (Lipinski definition) is 6. The van der Waals surface area contributed by atoms with E-state index < -0.39 is 6.04 Å². The first-order valence-corrected chi connectivity index (χ1v) is 10.4. The van der Waals surface area contributed by atoms with E-state index in [-0.39, 0.29) is 17.7 Å². The molecule has 4 rings (SSSR count). The lowest BCUT2D eigenvalue weighted by Gasteiger charge is -2.23. The van der Waals surface area contributed by atoms with Crippen molar-refractivity contribution in [2.45, 2.75) is 39.7 Å². The van der Waals surface area contributed by atoms with Crippen molar-refractivity contribution in [1.82, 2.24) is 15.2 Å². The van der Waals surface area contributed by atoms with Gasteiger partial charge in [-0.05, 0) is 37.8 Å². The Labute approximate surface area is 175 Å². The Kier molecular flexibility index (Phi) is 5.65. The van der Waals surface area contributed by atoms with Gasteiger partial charge in [-0.15, -0.1) is 0 Å². The summed E-state index contributed by atoms with van der Waals surface area (Å²) >= 11 is 0. The van der Waals surface area contributed by atoms with Crippen LogP contribution < -0.4 is 14.8 Å². The van der Waals surface area contributed by atoms with Crippen LogP contribution in [0.3, 0.4) is 0 Å². The van der Waals surface area contributed by atoms with Crippen molar-refractivity contribution in [3.63, 3.8) is 0 Å². The molecule has 0 unspecified atom stereocenters. The lowest BCUT2D eigenvalue weighted by atomic mass is 10.0. The molecule has 2 aliphatic rings. The van der Waals surface area contributed by atoms with Crippen molar-refractivity contribution in [2.75, 3.05) is 26.3 Å². The maximum absolute atomic E-state index is 13.0. The van der Waals surface area contributed by atoms with Gasteiger partial charge in [0.1, 0.15) is 25.0 Å². The zero-order valence-corrected chi connectivity index (χ0v) is 17.6. The second-order valence-corrected chi connectivity index (χ2v) is 7.98. The first-order chi connectivity index (χ1) is 14.5. The predicted molar refractivity (Wildman–Crippen MR) is 109 cm³/mol. The Bertz CT molecular complexity index is 946. The normalized spacial score (nSPS) is 16.6. The summed E-state index contributed by atoms with van der Waals surface area (Å²) < 4.78 is 17.1. The molecule has 3 heterocycles. The largest absolute Gasteiger partial charge is 0.486 e. The Hall–Kier alpha value is -3.03. The molecule has 0 radical (unpaired) electrons. The minimum absolute atomic E-state index is 0.00144. The van der Waals surface area contributed by atoms with Gasteiger partial charge in [0.25, 0.3) is 11.8 Å². The molecule has 0 bridgehead atoms. The highest BCUT2D eigenvalue weighted by atomic mass is 16.6. The predicted octanol–water partition coefficient (Wildman–Crippen LogP) is 3.12. The average Bonchev–Trinajstić information content (AvgIpc) is 3.40. The highest BCUT2D eigenvalue weighted by Crippen LogP contribution is 2.34. The number of aryl methyl sites for hydroxylation is 1. The molecule has 8 heteroatoms. The number of para-hydroxylation sites is 1. The van der Waals surface area contributed by atoms with Crippen molar-refractivity contribution in [3.05, 3.63) is 41.1 Å². The van der Waals surface area contributed by atoms with Crippen molar-refractivity contribution in [3.8, 4) is 11.5 Å². The fraction of sp³-hybridized carbons (Fsp3) is 0.500. The Morgan fingerprint density at radius 2 is 1.87 bits per heavy atom. The van der Waals surface area contributed by atoms with Gasteiger partial charge in [0.2, 0.25) is 5.89 Å². The minimum atomic E-state index is -0.489. The van der Waals surface area contributed by atoms with E-state index in [1.165, 1.54) is 0 Å². The average molecular weight is 413 g/mol. The lowest BCUT2D eigenvalue weighted by molar-refractivity contribution is 0.0785. The fourth-order valence-corrected chi connectivity index (χ4v) is 3.80. The molecule has 8 nitrogen and oxygen atoms in total. The van der Waals surface area contributed by atoms with Crippen molar-refractivity contribution in [2.24, 2.45) is 5.92 Å². The summed E-state index contributed by atoms with van der Waals surface area (Å²) in [5.74, 6) is 1.38. The third-order valence-electron chi connectivity index (χ3n) is 5.44. The van der Waals surface area contributed by atoms with Crippen LogP contribution in [0.15, 0.2) is 22.6 Å². The van der Waals surface area contributed by atoms with E-state index in [2.05, 4.69) is 10.3 Å². The summed E-state index contributed by atoms with van der Waals surface area (Å²) in [5, 5.41) is 2.99. The van der Waals surface area contributed by atoms with Gasteiger partial charge in [-0.2, -0.15) is 0 Å². The zero-order valence-electron chi connectivity index (χ0n) is 17.6. The van der Waals surface area contributed by atoms with Crippen LogP contribution in [0.25, 0.3) is 0 Å². The number of amides is 2. The van der Waals surface area contributed by atoms with E-state index in [0.717, 1.165) is 25.9 Å². The van der Waals surface area contributed by atoms with E-state index in [1.807, 2.05) is 13.8 Å². The molecule has 2 amide bonds. The summed E-state index contributed by atoms with van der Waals surface area (Å²) in [6.07, 6.45) is 2.01. The third-order valence-corrected chi connectivity index (χ3v) is 5.44. The molecule has 2 aromatic rings. The van der Waals surface area contributed by atoms with Gasteiger partial charge < -0.3 is 24.1 Å². The van der Waals surface area contributed by atoms with Gasteiger partial charge in [0.15, 0.2) is 17.2 Å². The number of hydrogen-bond donors (Lipinski definition) is 1. The maximum Gasteiger partial charge on any atom is 0.276 e. The quantitative estimate of drug-likeness (QED) is 0.809. The van der Waals surface area contributed by atoms with E-state index in [9.17, 15) is 9.59 Å². The monoisotopic (exact) mass is 413 g/mol. The van der Waals surface area contributed by atoms with Crippen LogP contribution >= 0.6 is 0 Å². The Balaban J connectivity index is 1.57. The number of rotatable bonds is 5. The zero-order chi connectivity index (χ0) is 21.3. The smallest absolute Gasteiger partial charge is 0.276 e. The number of nitrogens with zero attached hydrogens (tertiary/aromatic N) is 2. The van der Waals surface area contributed by atoms with Crippen LogP contribution in [-0.4, -0.2) is 48.0 Å². The second-order valence-electron chi connectivity index (χ2n) is 7.98. The van der Waals surface area contributed by atoms with Gasteiger partial charge in [0, 0.05) is 13.1 Å². The summed E-state index contributed by atoms with van der Waals surface area (Å²) in [4.78, 5) is 32.1. The molecule has 1 aromatic carbocycles. The molecular formula is C22H27N3O5. The topological polar surface area (TPSA) is 93.9 Å². The number of ether oxygens (including phenoxy) is 2. The molecule has 1 saturated heterocycles. The van der Waals surface area contributed by atoms with Gasteiger partial charge in [-0.1, -0.05) is 19.9 Å². The van der Waals surface area contributed by atoms with Crippen LogP contribution in [0.2, 0.25) is 0 Å². The standard InChI is InChI=1S/C22H27N3O5/c1-13(2)17(21-24-18(14(3)30-21)22(27)25-9-4-5-10-25)23-20(26)15-7-6-8-16-19(15)29-12-11-28-16/h6-8,13,17H,4-5,9-12H2,1-3H3,(H,23,26)/t17-/m1/s1. The fourth-order valence-electron chi connectivity index (χ4n) is 3.80. The summed E-state index contributed by atoms with van der Waals surface area (Å²) in [5.41, 5.74) is 0.718. The summed E-state index contributed by atoms with van der Waals surface area (Å²) in [6, 6.07) is 4.74. The van der Waals surface area contributed by atoms with Crippen LogP contribution in [0.4, 0.5) is 0 Å². The molecule has 1 N–H and O–H groups in total. The van der Waals surface area contributed by atoms with Gasteiger partial charge in [-0.3, -0.25) is 9.59 Å². The van der Waals surface area contributed by atoms with E-state index in [4.69, 9.17) is 13.9 Å². The number of benzene rings is 1. The van der Waals surface area contributed by atoms with Crippen LogP contribution in [-0.2, 0) is 0 Å².